The van der Waals surface area contributed by atoms with Crippen molar-refractivity contribution in [2.45, 2.75) is 38.3 Å². The molecule has 1 N–H and O–H groups in total. The molecule has 0 bridgehead atoms. The normalized spacial score (nSPS) is 35.0. The number of rotatable bonds is 2. The van der Waals surface area contributed by atoms with Gasteiger partial charge >= 0.3 is 0 Å². The molecule has 2 saturated heterocycles. The number of carbonyl (C=O) groups is 1. The van der Waals surface area contributed by atoms with E-state index in [0.717, 1.165) is 25.1 Å². The number of amides is 1. The van der Waals surface area contributed by atoms with Crippen molar-refractivity contribution in [1.82, 2.24) is 10.2 Å². The van der Waals surface area contributed by atoms with Crippen molar-refractivity contribution in [2.75, 3.05) is 25.1 Å². The van der Waals surface area contributed by atoms with Gasteiger partial charge in [-0.05, 0) is 38.5 Å². The van der Waals surface area contributed by atoms with Crippen molar-refractivity contribution in [2.24, 2.45) is 5.92 Å². The molecular weight excluding hydrogens is 220 g/mol. The molecule has 0 aromatic carbocycles. The van der Waals surface area contributed by atoms with E-state index >= 15 is 0 Å². The summed E-state index contributed by atoms with van der Waals surface area (Å²) in [6.45, 7) is 3.16. The summed E-state index contributed by atoms with van der Waals surface area (Å²) < 4.78 is 0. The molecule has 2 fully saturated rings. The first-order valence-corrected chi connectivity index (χ1v) is 7.41. The molecule has 3 atom stereocenters. The van der Waals surface area contributed by atoms with Crippen LogP contribution in [0.4, 0.5) is 0 Å². The van der Waals surface area contributed by atoms with Crippen LogP contribution in [0.1, 0.15) is 26.2 Å². The number of nitrogens with zero attached hydrogens (tertiary/aromatic N) is 1. The Morgan fingerprint density at radius 2 is 2.25 bits per heavy atom. The molecule has 0 aliphatic carbocycles. The maximum Gasteiger partial charge on any atom is 0.225 e. The minimum Gasteiger partial charge on any atom is -0.342 e. The van der Waals surface area contributed by atoms with Crippen molar-refractivity contribution in [3.05, 3.63) is 0 Å². The topological polar surface area (TPSA) is 32.3 Å². The highest BCUT2D eigenvalue weighted by molar-refractivity contribution is 7.99. The van der Waals surface area contributed by atoms with Gasteiger partial charge in [0, 0.05) is 30.8 Å². The van der Waals surface area contributed by atoms with Crippen LogP contribution in [0, 0.1) is 5.92 Å². The molecule has 0 radical (unpaired) electrons. The van der Waals surface area contributed by atoms with Crippen LogP contribution in [-0.2, 0) is 4.79 Å². The Hall–Kier alpha value is -0.220. The Balaban J connectivity index is 1.89. The molecule has 3 unspecified atom stereocenters. The summed E-state index contributed by atoms with van der Waals surface area (Å²) in [5, 5.41) is 3.40. The molecule has 2 aliphatic rings. The zero-order chi connectivity index (χ0) is 11.5. The van der Waals surface area contributed by atoms with E-state index in [1.165, 1.54) is 12.2 Å². The molecular formula is C12H22N2OS. The van der Waals surface area contributed by atoms with E-state index < -0.39 is 0 Å². The second-order valence-electron chi connectivity index (χ2n) is 5.04. The lowest BCUT2D eigenvalue weighted by Crippen LogP contribution is -2.46. The van der Waals surface area contributed by atoms with E-state index in [2.05, 4.69) is 12.2 Å². The van der Waals surface area contributed by atoms with Gasteiger partial charge in [-0.3, -0.25) is 4.79 Å². The highest BCUT2D eigenvalue weighted by Crippen LogP contribution is 2.25. The van der Waals surface area contributed by atoms with Crippen LogP contribution in [0.25, 0.3) is 0 Å². The molecule has 2 rings (SSSR count). The van der Waals surface area contributed by atoms with Crippen LogP contribution in [0.5, 0.6) is 0 Å². The first-order valence-electron chi connectivity index (χ1n) is 6.26. The molecule has 0 spiro atoms. The predicted molar refractivity (Wildman–Crippen MR) is 68.7 cm³/mol. The summed E-state index contributed by atoms with van der Waals surface area (Å²) in [4.78, 5) is 14.3. The molecule has 4 heteroatoms. The maximum absolute atomic E-state index is 12.3. The third-order valence-electron chi connectivity index (χ3n) is 3.77. The Morgan fingerprint density at radius 3 is 2.88 bits per heavy atom. The standard InChI is InChI=1S/C12H22N2OS/c1-9-7-10(3-5-13-9)12(15)14(2)11-4-6-16-8-11/h9-11,13H,3-8H2,1-2H3. The van der Waals surface area contributed by atoms with Gasteiger partial charge in [-0.15, -0.1) is 0 Å². The summed E-state index contributed by atoms with van der Waals surface area (Å²) in [7, 11) is 1.99. The largest absolute Gasteiger partial charge is 0.342 e. The summed E-state index contributed by atoms with van der Waals surface area (Å²) >= 11 is 1.97. The Morgan fingerprint density at radius 1 is 1.44 bits per heavy atom. The Bertz CT molecular complexity index is 249. The highest BCUT2D eigenvalue weighted by Gasteiger charge is 2.31. The lowest BCUT2D eigenvalue weighted by Gasteiger charge is -2.32. The van der Waals surface area contributed by atoms with Crippen molar-refractivity contribution in [1.29, 1.82) is 0 Å². The van der Waals surface area contributed by atoms with Crippen LogP contribution in [-0.4, -0.2) is 48.0 Å². The van der Waals surface area contributed by atoms with Crippen molar-refractivity contribution < 1.29 is 4.79 Å². The Labute approximate surface area is 102 Å². The van der Waals surface area contributed by atoms with Crippen LogP contribution in [0.15, 0.2) is 0 Å². The predicted octanol–water partition coefficient (Wildman–Crippen LogP) is 1.34. The summed E-state index contributed by atoms with van der Waals surface area (Å²) in [5.41, 5.74) is 0. The number of carbonyl (C=O) groups excluding carboxylic acids is 1. The zero-order valence-corrected chi connectivity index (χ0v) is 11.1. The molecule has 3 nitrogen and oxygen atoms in total. The maximum atomic E-state index is 12.3. The first kappa shape index (κ1) is 12.2. The number of nitrogens with one attached hydrogen (secondary N) is 1. The Kier molecular flexibility index (Phi) is 4.14. The van der Waals surface area contributed by atoms with Gasteiger partial charge < -0.3 is 10.2 Å². The van der Waals surface area contributed by atoms with Gasteiger partial charge in [-0.25, -0.2) is 0 Å². The van der Waals surface area contributed by atoms with Crippen molar-refractivity contribution >= 4 is 17.7 Å². The average molecular weight is 242 g/mol. The second kappa shape index (κ2) is 5.41. The fourth-order valence-corrected chi connectivity index (χ4v) is 3.92. The van der Waals surface area contributed by atoms with Gasteiger partial charge in [0.05, 0.1) is 0 Å². The van der Waals surface area contributed by atoms with Gasteiger partial charge in [-0.2, -0.15) is 11.8 Å². The van der Waals surface area contributed by atoms with Crippen molar-refractivity contribution in [3.8, 4) is 0 Å². The zero-order valence-electron chi connectivity index (χ0n) is 10.2. The van der Waals surface area contributed by atoms with Crippen molar-refractivity contribution in [3.63, 3.8) is 0 Å². The second-order valence-corrected chi connectivity index (χ2v) is 6.19. The fourth-order valence-electron chi connectivity index (χ4n) is 2.65. The van der Waals surface area contributed by atoms with Gasteiger partial charge in [-0.1, -0.05) is 0 Å². The molecule has 16 heavy (non-hydrogen) atoms. The van der Waals surface area contributed by atoms with Gasteiger partial charge in [0.2, 0.25) is 5.91 Å². The smallest absolute Gasteiger partial charge is 0.225 e. The fraction of sp³-hybridized carbons (Fsp3) is 0.917. The van der Waals surface area contributed by atoms with E-state index in [9.17, 15) is 4.79 Å². The quantitative estimate of drug-likeness (QED) is 0.793. The molecule has 0 aromatic rings. The summed E-state index contributed by atoms with van der Waals surface area (Å²) in [6.07, 6.45) is 3.18. The van der Waals surface area contributed by atoms with E-state index in [1.807, 2.05) is 23.7 Å². The van der Waals surface area contributed by atoms with Crippen LogP contribution < -0.4 is 5.32 Å². The highest BCUT2D eigenvalue weighted by atomic mass is 32.2. The van der Waals surface area contributed by atoms with Gasteiger partial charge in [0.25, 0.3) is 0 Å². The molecule has 0 saturated carbocycles. The lowest BCUT2D eigenvalue weighted by molar-refractivity contribution is -0.137. The van der Waals surface area contributed by atoms with Gasteiger partial charge in [0.15, 0.2) is 0 Å². The van der Waals surface area contributed by atoms with Crippen LogP contribution in [0.3, 0.4) is 0 Å². The minimum absolute atomic E-state index is 0.256. The number of hydrogen-bond donors (Lipinski definition) is 1. The summed E-state index contributed by atoms with van der Waals surface area (Å²) in [6, 6.07) is 0.983. The molecule has 1 amide bonds. The molecule has 2 aliphatic heterocycles. The average Bonchev–Trinajstić information content (AvgIpc) is 2.80. The molecule has 2 heterocycles. The molecule has 0 aromatic heterocycles. The van der Waals surface area contributed by atoms with E-state index in [0.29, 0.717) is 18.0 Å². The first-order chi connectivity index (χ1) is 7.68. The SMILES string of the molecule is CC1CC(C(=O)N(C)C2CCSC2)CCN1. The lowest BCUT2D eigenvalue weighted by atomic mass is 9.91. The minimum atomic E-state index is 0.256. The third kappa shape index (κ3) is 2.72. The van der Waals surface area contributed by atoms with E-state index in [4.69, 9.17) is 0 Å². The monoisotopic (exact) mass is 242 g/mol. The van der Waals surface area contributed by atoms with Gasteiger partial charge in [0.1, 0.15) is 0 Å². The number of hydrogen-bond acceptors (Lipinski definition) is 3. The van der Waals surface area contributed by atoms with Crippen LogP contribution in [0.2, 0.25) is 0 Å². The van der Waals surface area contributed by atoms with Crippen LogP contribution >= 0.6 is 11.8 Å². The number of thioether (sulfide) groups is 1. The number of piperidine rings is 1. The third-order valence-corrected chi connectivity index (χ3v) is 4.92. The molecule has 92 valence electrons. The summed E-state index contributed by atoms with van der Waals surface area (Å²) in [5.74, 6) is 2.97. The van der Waals surface area contributed by atoms with E-state index in [1.54, 1.807) is 0 Å². The van der Waals surface area contributed by atoms with E-state index in [-0.39, 0.29) is 5.92 Å².